The fourth-order valence-electron chi connectivity index (χ4n) is 1.65. The Labute approximate surface area is 109 Å². The quantitative estimate of drug-likeness (QED) is 0.943. The second-order valence-corrected chi connectivity index (χ2v) is 5.02. The van der Waals surface area contributed by atoms with Gasteiger partial charge in [-0.3, -0.25) is 0 Å². The van der Waals surface area contributed by atoms with E-state index in [2.05, 4.69) is 27.0 Å². The summed E-state index contributed by atoms with van der Waals surface area (Å²) in [5.74, 6) is 1.58. The Morgan fingerprint density at radius 3 is 2.88 bits per heavy atom. The average Bonchev–Trinajstić information content (AvgIpc) is 2.68. The van der Waals surface area contributed by atoms with Crippen LogP contribution in [0.25, 0.3) is 0 Å². The van der Waals surface area contributed by atoms with Crippen LogP contribution in [0.2, 0.25) is 0 Å². The van der Waals surface area contributed by atoms with Crippen molar-refractivity contribution in [2.75, 3.05) is 0 Å². The molecule has 0 saturated carbocycles. The van der Waals surface area contributed by atoms with Gasteiger partial charge in [0.05, 0.1) is 12.6 Å². The van der Waals surface area contributed by atoms with Crippen molar-refractivity contribution in [3.8, 4) is 0 Å². The van der Waals surface area contributed by atoms with E-state index in [1.165, 1.54) is 5.56 Å². The third-order valence-electron chi connectivity index (χ3n) is 2.42. The van der Waals surface area contributed by atoms with E-state index in [1.54, 1.807) is 6.20 Å². The summed E-state index contributed by atoms with van der Waals surface area (Å²) < 4.78 is 6.72. The minimum atomic E-state index is 0.0965. The van der Waals surface area contributed by atoms with Crippen molar-refractivity contribution in [2.45, 2.75) is 25.8 Å². The highest BCUT2D eigenvalue weighted by atomic mass is 79.9. The number of halogens is 1. The average molecular weight is 295 g/mol. The van der Waals surface area contributed by atoms with E-state index in [-0.39, 0.29) is 6.04 Å². The molecule has 0 spiro atoms. The lowest BCUT2D eigenvalue weighted by Gasteiger charge is -2.01. The van der Waals surface area contributed by atoms with Crippen molar-refractivity contribution < 1.29 is 4.42 Å². The Morgan fingerprint density at radius 1 is 1.41 bits per heavy atom. The van der Waals surface area contributed by atoms with Crippen molar-refractivity contribution in [1.82, 2.24) is 4.98 Å². The van der Waals surface area contributed by atoms with Gasteiger partial charge in [-0.25, -0.2) is 4.98 Å². The smallest absolute Gasteiger partial charge is 0.198 e. The molecular weight excluding hydrogens is 280 g/mol. The lowest BCUT2D eigenvalue weighted by Crippen LogP contribution is -2.17. The van der Waals surface area contributed by atoms with Crippen LogP contribution < -0.4 is 5.73 Å². The topological polar surface area (TPSA) is 52.0 Å². The highest BCUT2D eigenvalue weighted by Crippen LogP contribution is 2.19. The minimum Gasteiger partial charge on any atom is -0.445 e. The molecule has 0 aliphatic rings. The van der Waals surface area contributed by atoms with Gasteiger partial charge in [0.25, 0.3) is 0 Å². The summed E-state index contributed by atoms with van der Waals surface area (Å²) in [6.45, 7) is 1.95. The molecule has 4 heteroatoms. The molecule has 0 aliphatic heterocycles. The maximum Gasteiger partial charge on any atom is 0.198 e. The van der Waals surface area contributed by atoms with Gasteiger partial charge < -0.3 is 10.2 Å². The standard InChI is InChI=1S/C13H15BrN2O/c1-9(15)6-11-8-16-13(17-11)7-10-4-2-3-5-12(10)14/h2-5,8-9H,6-7,15H2,1H3. The molecule has 1 aromatic carbocycles. The number of nitrogens with two attached hydrogens (primary N) is 1. The number of oxazole rings is 1. The first-order valence-corrected chi connectivity index (χ1v) is 6.37. The first-order valence-electron chi connectivity index (χ1n) is 5.57. The number of hydrogen-bond donors (Lipinski definition) is 1. The number of rotatable bonds is 4. The highest BCUT2D eigenvalue weighted by Gasteiger charge is 2.08. The predicted octanol–water partition coefficient (Wildman–Crippen LogP) is 2.92. The Bertz CT molecular complexity index is 494. The normalized spacial score (nSPS) is 12.6. The van der Waals surface area contributed by atoms with Gasteiger partial charge in [0.15, 0.2) is 5.89 Å². The molecule has 0 saturated heterocycles. The van der Waals surface area contributed by atoms with Crippen LogP contribution in [0.1, 0.15) is 24.1 Å². The van der Waals surface area contributed by atoms with Gasteiger partial charge >= 0.3 is 0 Å². The van der Waals surface area contributed by atoms with Gasteiger partial charge in [0.1, 0.15) is 5.76 Å². The molecule has 0 amide bonds. The Kier molecular flexibility index (Phi) is 3.97. The van der Waals surface area contributed by atoms with Gasteiger partial charge in [-0.05, 0) is 18.6 Å². The zero-order valence-corrected chi connectivity index (χ0v) is 11.3. The largest absolute Gasteiger partial charge is 0.445 e. The van der Waals surface area contributed by atoms with Crippen molar-refractivity contribution in [3.05, 3.63) is 52.1 Å². The molecule has 1 unspecified atom stereocenters. The Morgan fingerprint density at radius 2 is 2.18 bits per heavy atom. The summed E-state index contributed by atoms with van der Waals surface area (Å²) in [5, 5.41) is 0. The molecule has 1 heterocycles. The summed E-state index contributed by atoms with van der Waals surface area (Å²) in [4.78, 5) is 4.26. The second kappa shape index (κ2) is 5.47. The molecule has 0 fully saturated rings. The third kappa shape index (κ3) is 3.41. The van der Waals surface area contributed by atoms with E-state index in [0.717, 1.165) is 22.5 Å². The summed E-state index contributed by atoms with van der Waals surface area (Å²) >= 11 is 3.51. The van der Waals surface area contributed by atoms with E-state index in [4.69, 9.17) is 10.2 Å². The van der Waals surface area contributed by atoms with Crippen molar-refractivity contribution in [2.24, 2.45) is 5.73 Å². The molecule has 0 radical (unpaired) electrons. The number of hydrogen-bond acceptors (Lipinski definition) is 3. The molecule has 2 aromatic rings. The zero-order valence-electron chi connectivity index (χ0n) is 9.69. The fraction of sp³-hybridized carbons (Fsp3) is 0.308. The van der Waals surface area contributed by atoms with Crippen LogP contribution in [0.4, 0.5) is 0 Å². The molecule has 2 rings (SSSR count). The van der Waals surface area contributed by atoms with E-state index in [9.17, 15) is 0 Å². The van der Waals surface area contributed by atoms with Crippen LogP contribution >= 0.6 is 15.9 Å². The summed E-state index contributed by atoms with van der Waals surface area (Å²) in [6, 6.07) is 8.16. The lowest BCUT2D eigenvalue weighted by molar-refractivity contribution is 0.452. The first kappa shape index (κ1) is 12.3. The van der Waals surface area contributed by atoms with Crippen LogP contribution in [-0.2, 0) is 12.8 Å². The molecule has 1 atom stereocenters. The van der Waals surface area contributed by atoms with Crippen LogP contribution in [-0.4, -0.2) is 11.0 Å². The van der Waals surface area contributed by atoms with Gasteiger partial charge in [-0.1, -0.05) is 34.1 Å². The van der Waals surface area contributed by atoms with Crippen molar-refractivity contribution >= 4 is 15.9 Å². The summed E-state index contributed by atoms with van der Waals surface area (Å²) in [6.07, 6.45) is 3.18. The summed E-state index contributed by atoms with van der Waals surface area (Å²) in [5.41, 5.74) is 6.88. The van der Waals surface area contributed by atoms with Gasteiger partial charge in [-0.2, -0.15) is 0 Å². The van der Waals surface area contributed by atoms with Gasteiger partial charge in [0, 0.05) is 16.9 Å². The van der Waals surface area contributed by atoms with Crippen LogP contribution in [0, 0.1) is 0 Å². The van der Waals surface area contributed by atoms with Gasteiger partial charge in [0.2, 0.25) is 0 Å². The predicted molar refractivity (Wildman–Crippen MR) is 70.8 cm³/mol. The van der Waals surface area contributed by atoms with E-state index in [1.807, 2.05) is 25.1 Å². The number of aromatic nitrogens is 1. The number of nitrogens with zero attached hydrogens (tertiary/aromatic N) is 1. The number of benzene rings is 1. The maximum absolute atomic E-state index is 5.72. The molecule has 0 bridgehead atoms. The van der Waals surface area contributed by atoms with Crippen LogP contribution in [0.3, 0.4) is 0 Å². The highest BCUT2D eigenvalue weighted by molar-refractivity contribution is 9.10. The van der Waals surface area contributed by atoms with E-state index < -0.39 is 0 Å². The zero-order chi connectivity index (χ0) is 12.3. The molecule has 90 valence electrons. The Balaban J connectivity index is 2.09. The lowest BCUT2D eigenvalue weighted by atomic mass is 10.1. The van der Waals surface area contributed by atoms with Gasteiger partial charge in [-0.15, -0.1) is 0 Å². The van der Waals surface area contributed by atoms with Crippen molar-refractivity contribution in [1.29, 1.82) is 0 Å². The van der Waals surface area contributed by atoms with Crippen molar-refractivity contribution in [3.63, 3.8) is 0 Å². The SMILES string of the molecule is CC(N)Cc1cnc(Cc2ccccc2Br)o1. The molecule has 3 nitrogen and oxygen atoms in total. The Hall–Kier alpha value is -1.13. The van der Waals surface area contributed by atoms with E-state index in [0.29, 0.717) is 6.42 Å². The first-order chi connectivity index (χ1) is 8.15. The minimum absolute atomic E-state index is 0.0965. The molecule has 17 heavy (non-hydrogen) atoms. The molecule has 0 aliphatic carbocycles. The summed E-state index contributed by atoms with van der Waals surface area (Å²) in [7, 11) is 0. The third-order valence-corrected chi connectivity index (χ3v) is 3.20. The second-order valence-electron chi connectivity index (χ2n) is 4.17. The molecule has 1 aromatic heterocycles. The van der Waals surface area contributed by atoms with Crippen LogP contribution in [0.5, 0.6) is 0 Å². The van der Waals surface area contributed by atoms with E-state index >= 15 is 0 Å². The maximum atomic E-state index is 5.72. The monoisotopic (exact) mass is 294 g/mol. The fourth-order valence-corrected chi connectivity index (χ4v) is 2.07. The molecular formula is C13H15BrN2O. The van der Waals surface area contributed by atoms with Crippen LogP contribution in [0.15, 0.2) is 39.4 Å². The molecule has 2 N–H and O–H groups in total.